The van der Waals surface area contributed by atoms with Gasteiger partial charge in [0.05, 0.1) is 10.6 Å². The van der Waals surface area contributed by atoms with Crippen LogP contribution in [0.15, 0.2) is 62.9 Å². The average Bonchev–Trinajstić information content (AvgIpc) is 3.17. The predicted molar refractivity (Wildman–Crippen MR) is 138 cm³/mol. The number of benzene rings is 2. The second-order valence-corrected chi connectivity index (χ2v) is 10.2. The second-order valence-electron chi connectivity index (χ2n) is 7.05. The number of rotatable bonds is 3. The highest BCUT2D eigenvalue weighted by molar-refractivity contribution is 14.1. The normalized spacial score (nSPS) is 16.5. The molecule has 1 N–H and O–H groups in total. The maximum atomic E-state index is 12.5. The summed E-state index contributed by atoms with van der Waals surface area (Å²) in [6, 6.07) is 16.4. The third kappa shape index (κ3) is 4.43. The zero-order chi connectivity index (χ0) is 21.4. The minimum atomic E-state index is -0.118. The Labute approximate surface area is 202 Å². The molecule has 1 aromatic heterocycles. The molecule has 30 heavy (non-hydrogen) atoms. The molecule has 1 amide bonds. The molecule has 0 unspecified atom stereocenters. The van der Waals surface area contributed by atoms with Gasteiger partial charge in [-0.15, -0.1) is 0 Å². The van der Waals surface area contributed by atoms with Crippen molar-refractivity contribution in [2.24, 2.45) is 4.99 Å². The lowest BCUT2D eigenvalue weighted by molar-refractivity contribution is -0.115. The number of aryl methyl sites for hydroxylation is 2. The number of amidine groups is 1. The first-order chi connectivity index (χ1) is 14.3. The molecule has 2 aromatic carbocycles. The average molecular weight is 592 g/mol. The van der Waals surface area contributed by atoms with Crippen LogP contribution in [0.2, 0.25) is 0 Å². The first-order valence-corrected chi connectivity index (χ1v) is 12.0. The van der Waals surface area contributed by atoms with E-state index in [2.05, 4.69) is 97.6 Å². The molecule has 3 aromatic rings. The number of aliphatic imine (C=N–C) groups is 1. The van der Waals surface area contributed by atoms with E-state index in [1.54, 1.807) is 0 Å². The summed E-state index contributed by atoms with van der Waals surface area (Å²) in [7, 11) is 0. The van der Waals surface area contributed by atoms with Crippen LogP contribution in [0.1, 0.15) is 22.5 Å². The van der Waals surface area contributed by atoms with Crippen LogP contribution in [0.25, 0.3) is 11.8 Å². The van der Waals surface area contributed by atoms with Crippen LogP contribution >= 0.6 is 50.3 Å². The van der Waals surface area contributed by atoms with Gasteiger partial charge in [0.1, 0.15) is 0 Å². The topological polar surface area (TPSA) is 46.4 Å². The molecule has 2 heterocycles. The van der Waals surface area contributed by atoms with Crippen molar-refractivity contribution in [3.63, 3.8) is 0 Å². The van der Waals surface area contributed by atoms with E-state index in [0.29, 0.717) is 10.1 Å². The van der Waals surface area contributed by atoms with E-state index in [1.165, 1.54) is 15.3 Å². The number of aromatic nitrogens is 1. The van der Waals surface area contributed by atoms with Crippen LogP contribution < -0.4 is 5.32 Å². The summed E-state index contributed by atoms with van der Waals surface area (Å²) in [5, 5.41) is 3.48. The Morgan fingerprint density at radius 3 is 2.53 bits per heavy atom. The molecular formula is C23H19BrIN3OS. The van der Waals surface area contributed by atoms with Gasteiger partial charge in [-0.05, 0) is 121 Å². The Bertz CT molecular complexity index is 1210. The molecule has 4 nitrogen and oxygen atoms in total. The Hall–Kier alpha value is -1.84. The molecule has 7 heteroatoms. The molecular weight excluding hydrogens is 573 g/mol. The van der Waals surface area contributed by atoms with E-state index < -0.39 is 0 Å². The van der Waals surface area contributed by atoms with Crippen molar-refractivity contribution in [1.82, 2.24) is 9.88 Å². The molecule has 0 saturated carbocycles. The van der Waals surface area contributed by atoms with Crippen molar-refractivity contribution in [3.05, 3.63) is 84.0 Å². The van der Waals surface area contributed by atoms with E-state index in [-0.39, 0.29) is 5.91 Å². The number of hydrogen-bond acceptors (Lipinski definition) is 3. The number of thioether (sulfide) groups is 1. The molecule has 0 atom stereocenters. The van der Waals surface area contributed by atoms with Crippen molar-refractivity contribution in [2.75, 3.05) is 0 Å². The number of carbonyl (C=O) groups excluding carboxylic acids is 1. The summed E-state index contributed by atoms with van der Waals surface area (Å²) >= 11 is 7.14. The van der Waals surface area contributed by atoms with Crippen LogP contribution in [0.5, 0.6) is 0 Å². The van der Waals surface area contributed by atoms with Crippen LogP contribution in [0.3, 0.4) is 0 Å². The minimum Gasteiger partial charge on any atom is -0.318 e. The second kappa shape index (κ2) is 8.72. The van der Waals surface area contributed by atoms with Gasteiger partial charge in [0.25, 0.3) is 5.91 Å². The molecule has 1 saturated heterocycles. The van der Waals surface area contributed by atoms with Gasteiger partial charge >= 0.3 is 0 Å². The van der Waals surface area contributed by atoms with E-state index >= 15 is 0 Å². The Morgan fingerprint density at radius 1 is 1.10 bits per heavy atom. The Morgan fingerprint density at radius 2 is 1.83 bits per heavy atom. The fourth-order valence-electron chi connectivity index (χ4n) is 3.40. The summed E-state index contributed by atoms with van der Waals surface area (Å²) < 4.78 is 4.42. The molecule has 1 aliphatic rings. The van der Waals surface area contributed by atoms with Gasteiger partial charge in [-0.25, -0.2) is 4.99 Å². The predicted octanol–water partition coefficient (Wildman–Crippen LogP) is 6.66. The number of hydrogen-bond donors (Lipinski definition) is 1. The van der Waals surface area contributed by atoms with Crippen LogP contribution in [-0.2, 0) is 4.79 Å². The van der Waals surface area contributed by atoms with E-state index in [0.717, 1.165) is 38.4 Å². The van der Waals surface area contributed by atoms with Gasteiger partial charge in [-0.2, -0.15) is 0 Å². The molecule has 0 radical (unpaired) electrons. The first kappa shape index (κ1) is 21.4. The largest absolute Gasteiger partial charge is 0.318 e. The third-order valence-electron chi connectivity index (χ3n) is 4.87. The van der Waals surface area contributed by atoms with Gasteiger partial charge in [0.2, 0.25) is 0 Å². The lowest BCUT2D eigenvalue weighted by Crippen LogP contribution is -2.19. The Kier molecular flexibility index (Phi) is 6.22. The van der Waals surface area contributed by atoms with Crippen molar-refractivity contribution >= 4 is 73.1 Å². The molecule has 0 spiro atoms. The summed E-state index contributed by atoms with van der Waals surface area (Å²) in [5.41, 5.74) is 6.27. The van der Waals surface area contributed by atoms with Crippen molar-refractivity contribution in [2.45, 2.75) is 20.8 Å². The Balaban J connectivity index is 1.64. The molecule has 152 valence electrons. The number of carbonyl (C=O) groups is 1. The van der Waals surface area contributed by atoms with E-state index in [4.69, 9.17) is 0 Å². The summed E-state index contributed by atoms with van der Waals surface area (Å²) in [5.74, 6) is -0.118. The van der Waals surface area contributed by atoms with Gasteiger partial charge in [0, 0.05) is 25.1 Å². The maximum absolute atomic E-state index is 12.5. The summed E-state index contributed by atoms with van der Waals surface area (Å²) in [6.07, 6.45) is 1.95. The fourth-order valence-corrected chi connectivity index (χ4v) is 5.06. The van der Waals surface area contributed by atoms with Crippen LogP contribution in [0.4, 0.5) is 5.69 Å². The highest BCUT2D eigenvalue weighted by atomic mass is 127. The first-order valence-electron chi connectivity index (χ1n) is 9.32. The highest BCUT2D eigenvalue weighted by Crippen LogP contribution is 2.31. The van der Waals surface area contributed by atoms with Gasteiger partial charge < -0.3 is 9.88 Å². The summed E-state index contributed by atoms with van der Waals surface area (Å²) in [4.78, 5) is 17.8. The van der Waals surface area contributed by atoms with Crippen LogP contribution in [-0.4, -0.2) is 15.6 Å². The molecule has 1 fully saturated rings. The quantitative estimate of drug-likeness (QED) is 0.273. The molecule has 0 bridgehead atoms. The fraction of sp³-hybridized carbons (Fsp3) is 0.130. The SMILES string of the molecule is Cc1cc(Br)ccc1N=C1NC(=O)/C(=C/c2cc(C)n(-c3ccc(I)cc3)c2C)S1. The van der Waals surface area contributed by atoms with Crippen molar-refractivity contribution < 1.29 is 4.79 Å². The van der Waals surface area contributed by atoms with Gasteiger partial charge in [-0.3, -0.25) is 4.79 Å². The lowest BCUT2D eigenvalue weighted by atomic mass is 10.2. The van der Waals surface area contributed by atoms with Gasteiger partial charge in [0.15, 0.2) is 5.17 Å². The highest BCUT2D eigenvalue weighted by Gasteiger charge is 2.25. The van der Waals surface area contributed by atoms with Gasteiger partial charge in [-0.1, -0.05) is 15.9 Å². The number of nitrogens with one attached hydrogen (secondary N) is 1. The molecule has 4 rings (SSSR count). The molecule has 1 aliphatic heterocycles. The van der Waals surface area contributed by atoms with E-state index in [1.807, 2.05) is 31.2 Å². The maximum Gasteiger partial charge on any atom is 0.264 e. The van der Waals surface area contributed by atoms with Crippen molar-refractivity contribution in [3.8, 4) is 5.69 Å². The minimum absolute atomic E-state index is 0.118. The number of amides is 1. The van der Waals surface area contributed by atoms with Crippen molar-refractivity contribution in [1.29, 1.82) is 0 Å². The zero-order valence-corrected chi connectivity index (χ0v) is 21.2. The standard InChI is InChI=1S/C23H19BrIN3OS/c1-13-10-17(24)4-9-20(13)26-23-27-22(29)21(30-23)12-16-11-14(2)28(15(16)3)19-7-5-18(25)6-8-19/h4-12H,1-3H3,(H,26,27,29)/b21-12-. The summed E-state index contributed by atoms with van der Waals surface area (Å²) in [6.45, 7) is 6.16. The zero-order valence-electron chi connectivity index (χ0n) is 16.7. The van der Waals surface area contributed by atoms with E-state index in [9.17, 15) is 4.79 Å². The monoisotopic (exact) mass is 591 g/mol. The molecule has 0 aliphatic carbocycles. The third-order valence-corrected chi connectivity index (χ3v) is 7.00. The smallest absolute Gasteiger partial charge is 0.264 e. The lowest BCUT2D eigenvalue weighted by Gasteiger charge is -2.09. The van der Waals surface area contributed by atoms with Crippen LogP contribution in [0, 0.1) is 24.3 Å². The number of halogens is 2. The number of nitrogens with zero attached hydrogens (tertiary/aromatic N) is 2.